The molecule has 0 radical (unpaired) electrons. The van der Waals surface area contributed by atoms with Gasteiger partial charge in [-0.1, -0.05) is 42.5 Å². The smallest absolute Gasteiger partial charge is 0.306 e. The first-order valence-corrected chi connectivity index (χ1v) is 9.25. The van der Waals surface area contributed by atoms with Crippen molar-refractivity contribution < 1.29 is 18.3 Å². The zero-order valence-electron chi connectivity index (χ0n) is 12.7. The highest BCUT2D eigenvalue weighted by Crippen LogP contribution is 2.23. The number of carbonyl (C=O) groups is 1. The summed E-state index contributed by atoms with van der Waals surface area (Å²) in [5.41, 5.74) is 0.754. The number of fused-ring (bicyclic) bond motifs is 1. The van der Waals surface area contributed by atoms with Crippen LogP contribution in [0.5, 0.6) is 0 Å². The minimum atomic E-state index is -3.41. The molecule has 23 heavy (non-hydrogen) atoms. The summed E-state index contributed by atoms with van der Waals surface area (Å²) in [6.07, 6.45) is 0.762. The van der Waals surface area contributed by atoms with Gasteiger partial charge in [0.2, 0.25) is 10.0 Å². The third-order valence-corrected chi connectivity index (χ3v) is 6.21. The van der Waals surface area contributed by atoms with Crippen LogP contribution in [0, 0.1) is 5.92 Å². The van der Waals surface area contributed by atoms with Crippen LogP contribution in [0.4, 0.5) is 0 Å². The van der Waals surface area contributed by atoms with Gasteiger partial charge in [0.25, 0.3) is 0 Å². The molecule has 2 aromatic rings. The minimum absolute atomic E-state index is 0.0461. The first kappa shape index (κ1) is 16.0. The fourth-order valence-electron chi connectivity index (χ4n) is 3.01. The Morgan fingerprint density at radius 2 is 1.74 bits per heavy atom. The van der Waals surface area contributed by atoms with Crippen molar-refractivity contribution in [3.05, 3.63) is 48.0 Å². The third kappa shape index (κ3) is 3.54. The van der Waals surface area contributed by atoms with Gasteiger partial charge in [0, 0.05) is 13.1 Å². The van der Waals surface area contributed by atoms with Crippen LogP contribution < -0.4 is 0 Å². The molecule has 1 N–H and O–H groups in total. The molecule has 0 unspecified atom stereocenters. The molecule has 2 aromatic carbocycles. The molecule has 1 aliphatic rings. The first-order chi connectivity index (χ1) is 11.0. The summed E-state index contributed by atoms with van der Waals surface area (Å²) >= 11 is 0. The summed E-state index contributed by atoms with van der Waals surface area (Å²) < 4.78 is 26.5. The summed E-state index contributed by atoms with van der Waals surface area (Å²) in [6, 6.07) is 13.5. The van der Waals surface area contributed by atoms with Crippen LogP contribution in [0.1, 0.15) is 18.4 Å². The number of hydrogen-bond acceptors (Lipinski definition) is 3. The van der Waals surface area contributed by atoms with E-state index in [-0.39, 0.29) is 18.8 Å². The molecular formula is C17H19NO4S. The number of aliphatic carboxylic acids is 1. The van der Waals surface area contributed by atoms with E-state index in [1.165, 1.54) is 4.31 Å². The Morgan fingerprint density at radius 3 is 2.39 bits per heavy atom. The Morgan fingerprint density at radius 1 is 1.09 bits per heavy atom. The van der Waals surface area contributed by atoms with Gasteiger partial charge in [0.05, 0.1) is 11.7 Å². The molecule has 3 rings (SSSR count). The number of sulfonamides is 1. The molecule has 1 aliphatic heterocycles. The van der Waals surface area contributed by atoms with Gasteiger partial charge in [-0.3, -0.25) is 4.79 Å². The normalized spacial score (nSPS) is 17.4. The monoisotopic (exact) mass is 333 g/mol. The van der Waals surface area contributed by atoms with Crippen molar-refractivity contribution >= 4 is 26.8 Å². The summed E-state index contributed by atoms with van der Waals surface area (Å²) in [5.74, 6) is -1.31. The number of piperidine rings is 1. The van der Waals surface area contributed by atoms with Gasteiger partial charge in [-0.25, -0.2) is 12.7 Å². The lowest BCUT2D eigenvalue weighted by Crippen LogP contribution is -2.40. The molecule has 0 saturated carbocycles. The van der Waals surface area contributed by atoms with Crippen molar-refractivity contribution in [2.75, 3.05) is 13.1 Å². The van der Waals surface area contributed by atoms with Gasteiger partial charge < -0.3 is 5.11 Å². The van der Waals surface area contributed by atoms with Crippen LogP contribution in [0.3, 0.4) is 0 Å². The van der Waals surface area contributed by atoms with Crippen molar-refractivity contribution in [3.8, 4) is 0 Å². The fourth-order valence-corrected chi connectivity index (χ4v) is 4.56. The van der Waals surface area contributed by atoms with Gasteiger partial charge in [0.1, 0.15) is 0 Å². The number of benzene rings is 2. The second kappa shape index (κ2) is 6.29. The number of carboxylic acid groups (broad SMARTS) is 1. The average Bonchev–Trinajstić information content (AvgIpc) is 2.54. The molecule has 1 fully saturated rings. The predicted molar refractivity (Wildman–Crippen MR) is 88.5 cm³/mol. The summed E-state index contributed by atoms with van der Waals surface area (Å²) in [6.45, 7) is 0.569. The molecular weight excluding hydrogens is 314 g/mol. The number of nitrogens with zero attached hydrogens (tertiary/aromatic N) is 1. The Labute approximate surface area is 135 Å². The van der Waals surface area contributed by atoms with Crippen molar-refractivity contribution in [3.63, 3.8) is 0 Å². The van der Waals surface area contributed by atoms with Crippen LogP contribution >= 0.6 is 0 Å². The Balaban J connectivity index is 1.74. The summed E-state index contributed by atoms with van der Waals surface area (Å²) in [4.78, 5) is 11.0. The van der Waals surface area contributed by atoms with Crippen LogP contribution in [0.15, 0.2) is 42.5 Å². The molecule has 0 spiro atoms. The van der Waals surface area contributed by atoms with E-state index < -0.39 is 21.9 Å². The average molecular weight is 333 g/mol. The highest BCUT2D eigenvalue weighted by molar-refractivity contribution is 7.88. The van der Waals surface area contributed by atoms with E-state index in [9.17, 15) is 13.2 Å². The van der Waals surface area contributed by atoms with Crippen LogP contribution in [0.2, 0.25) is 0 Å². The highest BCUT2D eigenvalue weighted by atomic mass is 32.2. The topological polar surface area (TPSA) is 74.7 Å². The Kier molecular flexibility index (Phi) is 4.37. The molecule has 1 heterocycles. The fraction of sp³-hybridized carbons (Fsp3) is 0.353. The van der Waals surface area contributed by atoms with Crippen LogP contribution in [-0.4, -0.2) is 36.9 Å². The predicted octanol–water partition coefficient (Wildman–Crippen LogP) is 2.47. The standard InChI is InChI=1S/C17H19NO4S/c19-17(20)15-7-9-18(10-8-15)23(21,22)12-13-5-6-14-3-1-2-4-16(14)11-13/h1-6,11,15H,7-10,12H2,(H,19,20). The minimum Gasteiger partial charge on any atom is -0.481 e. The van der Waals surface area contributed by atoms with E-state index in [0.717, 1.165) is 16.3 Å². The second-order valence-corrected chi connectivity index (χ2v) is 7.92. The summed E-state index contributed by atoms with van der Waals surface area (Å²) in [7, 11) is -3.41. The molecule has 122 valence electrons. The molecule has 5 nitrogen and oxygen atoms in total. The van der Waals surface area contributed by atoms with Gasteiger partial charge in [0.15, 0.2) is 0 Å². The number of carboxylic acids is 1. The largest absolute Gasteiger partial charge is 0.481 e. The van der Waals surface area contributed by atoms with E-state index in [0.29, 0.717) is 12.8 Å². The maximum atomic E-state index is 12.5. The van der Waals surface area contributed by atoms with E-state index in [2.05, 4.69) is 0 Å². The van der Waals surface area contributed by atoms with Crippen molar-refractivity contribution in [2.45, 2.75) is 18.6 Å². The molecule has 1 saturated heterocycles. The van der Waals surface area contributed by atoms with Gasteiger partial charge in [-0.2, -0.15) is 0 Å². The summed E-state index contributed by atoms with van der Waals surface area (Å²) in [5, 5.41) is 11.1. The number of rotatable bonds is 4. The first-order valence-electron chi connectivity index (χ1n) is 7.64. The lowest BCUT2D eigenvalue weighted by molar-refractivity contribution is -0.142. The van der Waals surface area contributed by atoms with Crippen LogP contribution in [0.25, 0.3) is 10.8 Å². The van der Waals surface area contributed by atoms with Gasteiger partial charge in [-0.05, 0) is 29.2 Å². The molecule has 0 amide bonds. The Hall–Kier alpha value is -1.92. The zero-order valence-corrected chi connectivity index (χ0v) is 13.5. The van der Waals surface area contributed by atoms with Gasteiger partial charge >= 0.3 is 5.97 Å². The SMILES string of the molecule is O=C(O)C1CCN(S(=O)(=O)Cc2ccc3ccccc3c2)CC1. The maximum absolute atomic E-state index is 12.5. The molecule has 0 bridgehead atoms. The lowest BCUT2D eigenvalue weighted by Gasteiger charge is -2.29. The van der Waals surface area contributed by atoms with E-state index in [4.69, 9.17) is 5.11 Å². The third-order valence-electron chi connectivity index (χ3n) is 4.36. The number of hydrogen-bond donors (Lipinski definition) is 1. The second-order valence-electron chi connectivity index (χ2n) is 5.95. The molecule has 0 aliphatic carbocycles. The van der Waals surface area contributed by atoms with E-state index >= 15 is 0 Å². The van der Waals surface area contributed by atoms with E-state index in [1.54, 1.807) is 0 Å². The molecule has 0 aromatic heterocycles. The lowest BCUT2D eigenvalue weighted by atomic mass is 9.99. The van der Waals surface area contributed by atoms with Crippen molar-refractivity contribution in [1.82, 2.24) is 4.31 Å². The van der Waals surface area contributed by atoms with Crippen LogP contribution in [-0.2, 0) is 20.6 Å². The molecule has 6 heteroatoms. The van der Waals surface area contributed by atoms with Gasteiger partial charge in [-0.15, -0.1) is 0 Å². The Bertz CT molecular complexity index is 823. The van der Waals surface area contributed by atoms with Crippen molar-refractivity contribution in [2.24, 2.45) is 5.92 Å². The maximum Gasteiger partial charge on any atom is 0.306 e. The van der Waals surface area contributed by atoms with E-state index in [1.807, 2.05) is 42.5 Å². The van der Waals surface area contributed by atoms with Crippen molar-refractivity contribution in [1.29, 1.82) is 0 Å². The quantitative estimate of drug-likeness (QED) is 0.933. The zero-order chi connectivity index (χ0) is 16.4. The molecule has 0 atom stereocenters. The highest BCUT2D eigenvalue weighted by Gasteiger charge is 2.30.